The van der Waals surface area contributed by atoms with Gasteiger partial charge in [-0.25, -0.2) is 0 Å². The molecule has 4 heteroatoms. The van der Waals surface area contributed by atoms with Crippen LogP contribution in [0.3, 0.4) is 0 Å². The predicted molar refractivity (Wildman–Crippen MR) is 107 cm³/mol. The molecular formula is C23H28N2O2. The molecule has 4 nitrogen and oxygen atoms in total. The number of nitrogens with zero attached hydrogens (tertiary/aromatic N) is 2. The fraction of sp³-hybridized carbons (Fsp3) is 0.435. The molecule has 27 heavy (non-hydrogen) atoms. The van der Waals surface area contributed by atoms with Crippen LogP contribution in [0.1, 0.15) is 36.3 Å². The fourth-order valence-corrected chi connectivity index (χ4v) is 4.71. The summed E-state index contributed by atoms with van der Waals surface area (Å²) in [6.45, 7) is 2.99. The molecule has 2 fully saturated rings. The third kappa shape index (κ3) is 3.46. The van der Waals surface area contributed by atoms with Gasteiger partial charge in [0, 0.05) is 32.2 Å². The van der Waals surface area contributed by atoms with Gasteiger partial charge in [0.2, 0.25) is 5.91 Å². The van der Waals surface area contributed by atoms with Gasteiger partial charge in [0.1, 0.15) is 5.75 Å². The molecule has 0 aliphatic carbocycles. The van der Waals surface area contributed by atoms with Crippen LogP contribution in [-0.4, -0.2) is 48.5 Å². The van der Waals surface area contributed by atoms with Gasteiger partial charge in [0.15, 0.2) is 0 Å². The quantitative estimate of drug-likeness (QED) is 0.830. The number of methoxy groups -OCH3 is 1. The number of likely N-dealkylation sites (N-methyl/N-ethyl adjacent to an activating group) is 1. The Bertz CT molecular complexity index is 797. The second kappa shape index (κ2) is 7.35. The van der Waals surface area contributed by atoms with Gasteiger partial charge in [-0.3, -0.25) is 9.69 Å². The van der Waals surface area contributed by atoms with Crippen LogP contribution in [0.15, 0.2) is 54.6 Å². The van der Waals surface area contributed by atoms with Crippen molar-refractivity contribution in [2.24, 2.45) is 0 Å². The second-order valence-electron chi connectivity index (χ2n) is 7.92. The van der Waals surface area contributed by atoms with Gasteiger partial charge in [-0.05, 0) is 42.5 Å². The molecule has 1 amide bonds. The Morgan fingerprint density at radius 3 is 2.52 bits per heavy atom. The summed E-state index contributed by atoms with van der Waals surface area (Å²) in [6.07, 6.45) is 3.03. The third-order valence-corrected chi connectivity index (χ3v) is 6.45. The van der Waals surface area contributed by atoms with E-state index in [1.165, 1.54) is 5.56 Å². The van der Waals surface area contributed by atoms with Crippen molar-refractivity contribution in [3.63, 3.8) is 0 Å². The van der Waals surface area contributed by atoms with Gasteiger partial charge in [0.05, 0.1) is 13.0 Å². The van der Waals surface area contributed by atoms with Crippen LogP contribution in [0.25, 0.3) is 0 Å². The number of hydrogen-bond donors (Lipinski definition) is 0. The number of hydrogen-bond acceptors (Lipinski definition) is 3. The summed E-state index contributed by atoms with van der Waals surface area (Å²) in [5, 5.41) is 0. The van der Waals surface area contributed by atoms with E-state index in [4.69, 9.17) is 4.74 Å². The van der Waals surface area contributed by atoms with E-state index in [0.29, 0.717) is 0 Å². The van der Waals surface area contributed by atoms with Crippen LogP contribution in [0.2, 0.25) is 0 Å². The summed E-state index contributed by atoms with van der Waals surface area (Å²) in [5.41, 5.74) is 2.45. The van der Waals surface area contributed by atoms with Crippen LogP contribution in [0.4, 0.5) is 0 Å². The highest BCUT2D eigenvalue weighted by Crippen LogP contribution is 2.44. The maximum absolute atomic E-state index is 12.9. The Kier molecular flexibility index (Phi) is 4.92. The van der Waals surface area contributed by atoms with E-state index in [2.05, 4.69) is 29.2 Å². The first-order valence-corrected chi connectivity index (χ1v) is 9.79. The smallest absolute Gasteiger partial charge is 0.230 e. The minimum atomic E-state index is 0.0149. The Balaban J connectivity index is 1.42. The maximum atomic E-state index is 12.9. The summed E-state index contributed by atoms with van der Waals surface area (Å²) < 4.78 is 5.34. The number of likely N-dealkylation sites (tertiary alicyclic amines) is 2. The Morgan fingerprint density at radius 1 is 1.07 bits per heavy atom. The molecule has 2 saturated heterocycles. The van der Waals surface area contributed by atoms with Crippen molar-refractivity contribution in [2.75, 3.05) is 27.2 Å². The molecule has 2 aromatic rings. The number of ether oxygens (including phenoxy) is 1. The monoisotopic (exact) mass is 364 g/mol. The zero-order valence-corrected chi connectivity index (χ0v) is 16.2. The predicted octanol–water partition coefficient (Wildman–Crippen LogP) is 3.68. The van der Waals surface area contributed by atoms with Crippen molar-refractivity contribution >= 4 is 5.91 Å². The average molecular weight is 364 g/mol. The summed E-state index contributed by atoms with van der Waals surface area (Å²) in [5.74, 6) is 1.20. The third-order valence-electron chi connectivity index (χ3n) is 6.45. The summed E-state index contributed by atoms with van der Waals surface area (Å²) in [6, 6.07) is 18.6. The largest absolute Gasteiger partial charge is 0.497 e. The van der Waals surface area contributed by atoms with Crippen molar-refractivity contribution in [3.05, 3.63) is 65.7 Å². The van der Waals surface area contributed by atoms with Gasteiger partial charge in [-0.1, -0.05) is 42.5 Å². The van der Waals surface area contributed by atoms with E-state index in [9.17, 15) is 4.79 Å². The lowest BCUT2D eigenvalue weighted by atomic mass is 9.81. The second-order valence-corrected chi connectivity index (χ2v) is 7.92. The Hall–Kier alpha value is -2.33. The molecular weight excluding hydrogens is 336 g/mol. The minimum absolute atomic E-state index is 0.0149. The van der Waals surface area contributed by atoms with E-state index in [0.717, 1.165) is 50.2 Å². The van der Waals surface area contributed by atoms with Crippen LogP contribution >= 0.6 is 0 Å². The standard InChI is InChI=1S/C23H28N2O2/c1-24-22(26)21(19-8-4-3-5-9-19)16-23(24)11-13-25(14-12-23)17-18-7-6-10-20(15-18)27-2/h3-10,15,21H,11-14,16-17H2,1-2H3/t21-/m1/s1. The van der Waals surface area contributed by atoms with Crippen molar-refractivity contribution in [1.82, 2.24) is 9.80 Å². The normalized spacial score (nSPS) is 22.4. The molecule has 2 aliphatic rings. The average Bonchev–Trinajstić information content (AvgIpc) is 2.96. The molecule has 1 spiro atoms. The molecule has 0 saturated carbocycles. The first kappa shape index (κ1) is 18.1. The molecule has 1 atom stereocenters. The molecule has 0 aromatic heterocycles. The summed E-state index contributed by atoms with van der Waals surface area (Å²) in [4.78, 5) is 17.5. The van der Waals surface area contributed by atoms with E-state index < -0.39 is 0 Å². The first-order chi connectivity index (χ1) is 13.1. The Morgan fingerprint density at radius 2 is 1.81 bits per heavy atom. The highest BCUT2D eigenvalue weighted by molar-refractivity contribution is 5.87. The SMILES string of the molecule is COc1cccc(CN2CCC3(CC2)C[C@H](c2ccccc2)C(=O)N3C)c1. The topological polar surface area (TPSA) is 32.8 Å². The van der Waals surface area contributed by atoms with E-state index in [1.54, 1.807) is 7.11 Å². The number of benzene rings is 2. The highest BCUT2D eigenvalue weighted by Gasteiger charge is 2.50. The van der Waals surface area contributed by atoms with E-state index >= 15 is 0 Å². The molecule has 0 radical (unpaired) electrons. The number of rotatable bonds is 4. The molecule has 142 valence electrons. The maximum Gasteiger partial charge on any atom is 0.230 e. The van der Waals surface area contributed by atoms with Gasteiger partial charge >= 0.3 is 0 Å². The molecule has 0 bridgehead atoms. The number of amides is 1. The number of carbonyl (C=O) groups excluding carboxylic acids is 1. The van der Waals surface area contributed by atoms with E-state index in [1.807, 2.05) is 42.3 Å². The lowest BCUT2D eigenvalue weighted by Gasteiger charge is -2.43. The molecule has 2 heterocycles. The lowest BCUT2D eigenvalue weighted by molar-refractivity contribution is -0.131. The van der Waals surface area contributed by atoms with Crippen molar-refractivity contribution in [3.8, 4) is 5.75 Å². The van der Waals surface area contributed by atoms with Crippen molar-refractivity contribution in [2.45, 2.75) is 37.3 Å². The molecule has 2 aliphatic heterocycles. The van der Waals surface area contributed by atoms with Crippen LogP contribution in [-0.2, 0) is 11.3 Å². The van der Waals surface area contributed by atoms with Gasteiger partial charge in [-0.15, -0.1) is 0 Å². The zero-order chi connectivity index (χ0) is 18.9. The lowest BCUT2D eigenvalue weighted by Crippen LogP contribution is -2.51. The number of carbonyl (C=O) groups is 1. The van der Waals surface area contributed by atoms with Gasteiger partial charge < -0.3 is 9.64 Å². The van der Waals surface area contributed by atoms with E-state index in [-0.39, 0.29) is 17.4 Å². The summed E-state index contributed by atoms with van der Waals surface area (Å²) >= 11 is 0. The highest BCUT2D eigenvalue weighted by atomic mass is 16.5. The summed E-state index contributed by atoms with van der Waals surface area (Å²) in [7, 11) is 3.71. The minimum Gasteiger partial charge on any atom is -0.497 e. The molecule has 2 aromatic carbocycles. The fourth-order valence-electron chi connectivity index (χ4n) is 4.71. The number of piperidine rings is 1. The zero-order valence-electron chi connectivity index (χ0n) is 16.2. The first-order valence-electron chi connectivity index (χ1n) is 9.79. The van der Waals surface area contributed by atoms with Crippen molar-refractivity contribution in [1.29, 1.82) is 0 Å². The van der Waals surface area contributed by atoms with Crippen molar-refractivity contribution < 1.29 is 9.53 Å². The Labute approximate surface area is 161 Å². The molecule has 0 unspecified atom stereocenters. The van der Waals surface area contributed by atoms with Crippen LogP contribution in [0, 0.1) is 0 Å². The van der Waals surface area contributed by atoms with Crippen LogP contribution in [0.5, 0.6) is 5.75 Å². The van der Waals surface area contributed by atoms with Gasteiger partial charge in [-0.2, -0.15) is 0 Å². The molecule has 4 rings (SSSR count). The van der Waals surface area contributed by atoms with Gasteiger partial charge in [0.25, 0.3) is 0 Å². The molecule has 0 N–H and O–H groups in total. The van der Waals surface area contributed by atoms with Crippen LogP contribution < -0.4 is 4.74 Å².